The molecule has 5 nitrogen and oxygen atoms in total. The van der Waals surface area contributed by atoms with Gasteiger partial charge < -0.3 is 5.32 Å². The molecular formula is C17H21ClN4O. The summed E-state index contributed by atoms with van der Waals surface area (Å²) in [5.74, 6) is -0.0531. The van der Waals surface area contributed by atoms with E-state index in [0.717, 1.165) is 43.1 Å². The minimum Gasteiger partial charge on any atom is -0.348 e. The van der Waals surface area contributed by atoms with Crippen LogP contribution in [0, 0.1) is 0 Å². The topological polar surface area (TPSA) is 50.2 Å². The predicted molar refractivity (Wildman–Crippen MR) is 90.4 cm³/mol. The summed E-state index contributed by atoms with van der Waals surface area (Å²) in [7, 11) is 1.81. The highest BCUT2D eigenvalue weighted by Gasteiger charge is 2.22. The molecule has 122 valence electrons. The third-order valence-electron chi connectivity index (χ3n) is 4.16. The van der Waals surface area contributed by atoms with Crippen LogP contribution in [0.2, 0.25) is 5.02 Å². The number of carbonyl (C=O) groups excluding carboxylic acids is 1. The van der Waals surface area contributed by atoms with Crippen molar-refractivity contribution in [3.8, 4) is 0 Å². The molecule has 23 heavy (non-hydrogen) atoms. The summed E-state index contributed by atoms with van der Waals surface area (Å²) in [5.41, 5.74) is 1.74. The smallest absolute Gasteiger partial charge is 0.254 e. The highest BCUT2D eigenvalue weighted by atomic mass is 35.5. The monoisotopic (exact) mass is 332 g/mol. The maximum absolute atomic E-state index is 12.2. The van der Waals surface area contributed by atoms with Gasteiger partial charge in [0.05, 0.1) is 11.8 Å². The van der Waals surface area contributed by atoms with Crippen molar-refractivity contribution < 1.29 is 4.79 Å². The lowest BCUT2D eigenvalue weighted by Crippen LogP contribution is -2.47. The summed E-state index contributed by atoms with van der Waals surface area (Å²) in [4.78, 5) is 14.6. The number of nitrogens with one attached hydrogen (secondary N) is 1. The van der Waals surface area contributed by atoms with Crippen LogP contribution in [0.1, 0.15) is 28.8 Å². The van der Waals surface area contributed by atoms with Gasteiger partial charge in [0, 0.05) is 37.4 Å². The van der Waals surface area contributed by atoms with Gasteiger partial charge in [-0.15, -0.1) is 0 Å². The number of hydrogen-bond donors (Lipinski definition) is 1. The molecule has 2 aromatic rings. The quantitative estimate of drug-likeness (QED) is 0.935. The molecule has 1 aromatic heterocycles. The van der Waals surface area contributed by atoms with E-state index in [4.69, 9.17) is 11.6 Å². The van der Waals surface area contributed by atoms with Crippen LogP contribution in [0.4, 0.5) is 0 Å². The van der Waals surface area contributed by atoms with Gasteiger partial charge in [0.2, 0.25) is 0 Å². The molecule has 1 saturated heterocycles. The largest absolute Gasteiger partial charge is 0.348 e. The number of halogens is 1. The maximum atomic E-state index is 12.2. The number of amides is 1. The van der Waals surface area contributed by atoms with E-state index in [2.05, 4.69) is 21.4 Å². The fourth-order valence-electron chi connectivity index (χ4n) is 2.99. The minimum absolute atomic E-state index is 0.0531. The fourth-order valence-corrected chi connectivity index (χ4v) is 3.19. The summed E-state index contributed by atoms with van der Waals surface area (Å²) >= 11 is 6.24. The van der Waals surface area contributed by atoms with Crippen LogP contribution in [-0.2, 0) is 13.6 Å². The van der Waals surface area contributed by atoms with E-state index < -0.39 is 0 Å². The van der Waals surface area contributed by atoms with E-state index >= 15 is 0 Å². The zero-order chi connectivity index (χ0) is 16.2. The molecule has 1 aromatic carbocycles. The lowest BCUT2D eigenvalue weighted by molar-refractivity contribution is 0.0900. The third-order valence-corrected chi connectivity index (χ3v) is 4.53. The minimum atomic E-state index is -0.0531. The lowest BCUT2D eigenvalue weighted by Gasteiger charge is -2.33. The first-order chi connectivity index (χ1) is 11.1. The van der Waals surface area contributed by atoms with Crippen molar-refractivity contribution in [1.82, 2.24) is 20.0 Å². The molecule has 1 N–H and O–H groups in total. The van der Waals surface area contributed by atoms with E-state index in [9.17, 15) is 4.79 Å². The molecule has 6 heteroatoms. The second kappa shape index (κ2) is 7.15. The molecule has 0 radical (unpaired) electrons. The second-order valence-corrected chi connectivity index (χ2v) is 6.45. The van der Waals surface area contributed by atoms with E-state index in [1.807, 2.05) is 25.2 Å². The standard InChI is InChI=1S/C17H21ClN4O/c1-21-10-14(9-19-21)17(23)20-15-6-4-8-22(12-15)11-13-5-2-3-7-16(13)18/h2-3,5,7,9-10,15H,4,6,8,11-12H2,1H3,(H,20,23). The Morgan fingerprint density at radius 2 is 2.26 bits per heavy atom. The Morgan fingerprint density at radius 1 is 1.43 bits per heavy atom. The van der Waals surface area contributed by atoms with Crippen LogP contribution in [-0.4, -0.2) is 39.7 Å². The van der Waals surface area contributed by atoms with Crippen LogP contribution in [0.3, 0.4) is 0 Å². The maximum Gasteiger partial charge on any atom is 0.254 e. The third kappa shape index (κ3) is 4.12. The number of aromatic nitrogens is 2. The normalized spacial score (nSPS) is 18.8. The molecule has 0 bridgehead atoms. The average Bonchev–Trinajstić information content (AvgIpc) is 2.97. The number of benzene rings is 1. The Labute approximate surface area is 141 Å². The van der Waals surface area contributed by atoms with Gasteiger partial charge in [-0.25, -0.2) is 0 Å². The number of nitrogens with zero attached hydrogens (tertiary/aromatic N) is 3. The van der Waals surface area contributed by atoms with Crippen LogP contribution < -0.4 is 5.32 Å². The summed E-state index contributed by atoms with van der Waals surface area (Å²) in [6.07, 6.45) is 5.41. The number of aryl methyl sites for hydroxylation is 1. The molecule has 1 aliphatic rings. The van der Waals surface area contributed by atoms with E-state index in [0.29, 0.717) is 5.56 Å². The Kier molecular flexibility index (Phi) is 4.98. The van der Waals surface area contributed by atoms with E-state index in [1.54, 1.807) is 17.1 Å². The molecule has 1 atom stereocenters. The molecule has 0 aliphatic carbocycles. The first-order valence-corrected chi connectivity index (χ1v) is 8.25. The Balaban J connectivity index is 1.58. The number of likely N-dealkylation sites (tertiary alicyclic amines) is 1. The van der Waals surface area contributed by atoms with Crippen molar-refractivity contribution in [2.75, 3.05) is 13.1 Å². The summed E-state index contributed by atoms with van der Waals surface area (Å²) in [5, 5.41) is 7.95. The number of piperidine rings is 1. The fraction of sp³-hybridized carbons (Fsp3) is 0.412. The highest BCUT2D eigenvalue weighted by molar-refractivity contribution is 6.31. The van der Waals surface area contributed by atoms with Gasteiger partial charge in [-0.1, -0.05) is 29.8 Å². The Morgan fingerprint density at radius 3 is 3.00 bits per heavy atom. The van der Waals surface area contributed by atoms with Crippen molar-refractivity contribution in [1.29, 1.82) is 0 Å². The first kappa shape index (κ1) is 16.0. The Bertz CT molecular complexity index is 685. The molecule has 1 amide bonds. The highest BCUT2D eigenvalue weighted by Crippen LogP contribution is 2.19. The molecule has 1 unspecified atom stereocenters. The Hall–Kier alpha value is -1.85. The molecule has 0 spiro atoms. The zero-order valence-corrected chi connectivity index (χ0v) is 14.0. The number of rotatable bonds is 4. The average molecular weight is 333 g/mol. The molecule has 1 aliphatic heterocycles. The molecule has 2 heterocycles. The summed E-state index contributed by atoms with van der Waals surface area (Å²) in [6, 6.07) is 8.09. The predicted octanol–water partition coefficient (Wildman–Crippen LogP) is 2.47. The van der Waals surface area contributed by atoms with Crippen LogP contribution >= 0.6 is 11.6 Å². The summed E-state index contributed by atoms with van der Waals surface area (Å²) in [6.45, 7) is 2.70. The van der Waals surface area contributed by atoms with Crippen molar-refractivity contribution in [2.45, 2.75) is 25.4 Å². The van der Waals surface area contributed by atoms with E-state index in [-0.39, 0.29) is 11.9 Å². The number of carbonyl (C=O) groups is 1. The molecule has 3 rings (SSSR count). The zero-order valence-electron chi connectivity index (χ0n) is 13.2. The second-order valence-electron chi connectivity index (χ2n) is 6.04. The van der Waals surface area contributed by atoms with Crippen molar-refractivity contribution >= 4 is 17.5 Å². The van der Waals surface area contributed by atoms with Crippen LogP contribution in [0.15, 0.2) is 36.7 Å². The first-order valence-electron chi connectivity index (χ1n) is 7.87. The molecule has 1 fully saturated rings. The van der Waals surface area contributed by atoms with E-state index in [1.165, 1.54) is 0 Å². The van der Waals surface area contributed by atoms with Gasteiger partial charge in [-0.2, -0.15) is 5.10 Å². The van der Waals surface area contributed by atoms with Gasteiger partial charge in [0.25, 0.3) is 5.91 Å². The SMILES string of the molecule is Cn1cc(C(=O)NC2CCCN(Cc3ccccc3Cl)C2)cn1. The van der Waals surface area contributed by atoms with Crippen LogP contribution in [0.5, 0.6) is 0 Å². The van der Waals surface area contributed by atoms with Gasteiger partial charge in [0.15, 0.2) is 0 Å². The summed E-state index contributed by atoms with van der Waals surface area (Å²) < 4.78 is 1.64. The lowest BCUT2D eigenvalue weighted by atomic mass is 10.0. The van der Waals surface area contributed by atoms with Crippen molar-refractivity contribution in [2.24, 2.45) is 7.05 Å². The van der Waals surface area contributed by atoms with Crippen LogP contribution in [0.25, 0.3) is 0 Å². The van der Waals surface area contributed by atoms with Crippen molar-refractivity contribution in [3.63, 3.8) is 0 Å². The van der Waals surface area contributed by atoms with Crippen molar-refractivity contribution in [3.05, 3.63) is 52.8 Å². The van der Waals surface area contributed by atoms with Gasteiger partial charge >= 0.3 is 0 Å². The molecule has 0 saturated carbocycles. The van der Waals surface area contributed by atoms with Gasteiger partial charge in [0.1, 0.15) is 0 Å². The van der Waals surface area contributed by atoms with Gasteiger partial charge in [-0.3, -0.25) is 14.4 Å². The molecular weight excluding hydrogens is 312 g/mol. The van der Waals surface area contributed by atoms with Gasteiger partial charge in [-0.05, 0) is 31.0 Å². The number of hydrogen-bond acceptors (Lipinski definition) is 3.